The van der Waals surface area contributed by atoms with Crippen LogP contribution in [0.5, 0.6) is 5.75 Å². The number of imide groups is 1. The number of β-lactam (4-membered cyclic amide) rings is 1. The molecule has 1 saturated heterocycles. The molecular formula is C19H17N11O12S2. The van der Waals surface area contributed by atoms with E-state index in [2.05, 4.69) is 30.4 Å². The molecule has 1 aliphatic heterocycles. The number of pyridine rings is 1. The minimum absolute atomic E-state index is 0.0301. The molecule has 3 aromatic rings. The minimum Gasteiger partial charge on any atom is -0.503 e. The predicted octanol–water partition coefficient (Wildman–Crippen LogP) is -4.50. The molecule has 0 spiro atoms. The topological polar surface area (TPSA) is 332 Å². The van der Waals surface area contributed by atoms with Gasteiger partial charge in [-0.3, -0.25) is 29.5 Å². The lowest BCUT2D eigenvalue weighted by molar-refractivity contribution is -0.142. The number of oxime groups is 1. The van der Waals surface area contributed by atoms with E-state index < -0.39 is 87.4 Å². The zero-order chi connectivity index (χ0) is 32.3. The van der Waals surface area contributed by atoms with Crippen LogP contribution < -0.4 is 32.3 Å². The number of nitrogens with zero attached hydrogens (tertiary/aromatic N) is 6. The average molecular weight is 656 g/mol. The van der Waals surface area contributed by atoms with Crippen LogP contribution in [-0.2, 0) is 29.4 Å². The van der Waals surface area contributed by atoms with Crippen LogP contribution in [0.1, 0.15) is 16.2 Å². The molecule has 1 fully saturated rings. The minimum atomic E-state index is -5.09. The quantitative estimate of drug-likeness (QED) is 0.0615. The third kappa shape index (κ3) is 6.51. The molecule has 4 rings (SSSR count). The van der Waals surface area contributed by atoms with Gasteiger partial charge in [0.05, 0.1) is 6.54 Å². The van der Waals surface area contributed by atoms with Crippen molar-refractivity contribution < 1.29 is 47.4 Å². The number of hydrogen-bond acceptors (Lipinski definition) is 16. The van der Waals surface area contributed by atoms with Crippen molar-refractivity contribution in [1.29, 1.82) is 0 Å². The number of likely N-dealkylation sites (tertiary alicyclic amines) is 1. The highest BCUT2D eigenvalue weighted by atomic mass is 32.2. The van der Waals surface area contributed by atoms with Gasteiger partial charge < -0.3 is 31.1 Å². The fourth-order valence-corrected chi connectivity index (χ4v) is 4.63. The molecule has 3 aromatic heterocycles. The Morgan fingerprint density at radius 2 is 1.98 bits per heavy atom. The number of nitrogens with one attached hydrogen (secondary N) is 4. The van der Waals surface area contributed by atoms with Crippen LogP contribution in [0.15, 0.2) is 38.7 Å². The van der Waals surface area contributed by atoms with Crippen LogP contribution in [0.3, 0.4) is 0 Å². The number of aliphatic carboxylic acids is 1. The van der Waals surface area contributed by atoms with E-state index >= 15 is 0 Å². The Kier molecular flexibility index (Phi) is 8.42. The Labute approximate surface area is 245 Å². The van der Waals surface area contributed by atoms with E-state index in [-0.39, 0.29) is 14.9 Å². The van der Waals surface area contributed by atoms with Gasteiger partial charge in [-0.15, -0.1) is 16.4 Å². The molecular weight excluding hydrogens is 638 g/mol. The summed E-state index contributed by atoms with van der Waals surface area (Å²) in [6.45, 7) is -1.45. The number of rotatable bonds is 10. The average Bonchev–Trinajstić information content (AvgIpc) is 3.54. The van der Waals surface area contributed by atoms with Gasteiger partial charge in [-0.05, 0) is 0 Å². The van der Waals surface area contributed by atoms with E-state index in [9.17, 15) is 47.1 Å². The molecule has 0 radical (unpaired) electrons. The standard InChI is InChI=1S/C19H17N11O12S2/c20-17-24-9(5-43-17)13(26-42-4-12(33)34)15(36)23-8-3-28(16(8)37)18(38)27-44(40,41)30-19(39)29(6-22-30)25-14(35)7-1-10(31)11(32)2-21-7/h1-2,5-6,8,32H,3-4H2,(H2,20,24)(H,21,31)(H,23,36)(H,25,35)(H,27,38)(H,33,34)/t8-/m0/s1. The molecule has 0 aromatic carbocycles. The third-order valence-corrected chi connectivity index (χ3v) is 7.06. The van der Waals surface area contributed by atoms with Crippen molar-refractivity contribution >= 4 is 62.1 Å². The van der Waals surface area contributed by atoms with E-state index in [1.165, 1.54) is 10.1 Å². The highest BCUT2D eigenvalue weighted by Crippen LogP contribution is 2.15. The fraction of sp³-hybridized carbons (Fsp3) is 0.158. The summed E-state index contributed by atoms with van der Waals surface area (Å²) in [5.74, 6) is -5.35. The van der Waals surface area contributed by atoms with Gasteiger partial charge in [-0.25, -0.2) is 24.1 Å². The van der Waals surface area contributed by atoms with Gasteiger partial charge in [-0.1, -0.05) is 9.24 Å². The summed E-state index contributed by atoms with van der Waals surface area (Å²) in [4.78, 5) is 95.6. The summed E-state index contributed by atoms with van der Waals surface area (Å²) in [6.07, 6.45) is 1.36. The zero-order valence-corrected chi connectivity index (χ0v) is 23.0. The molecule has 232 valence electrons. The predicted molar refractivity (Wildman–Crippen MR) is 142 cm³/mol. The van der Waals surface area contributed by atoms with Gasteiger partial charge in [0.15, 0.2) is 16.6 Å². The van der Waals surface area contributed by atoms with Crippen molar-refractivity contribution in [2.24, 2.45) is 5.16 Å². The summed E-state index contributed by atoms with van der Waals surface area (Å²) < 4.78 is 26.7. The molecule has 25 heteroatoms. The molecule has 44 heavy (non-hydrogen) atoms. The number of carbonyl (C=O) groups is 5. The highest BCUT2D eigenvalue weighted by Gasteiger charge is 2.44. The van der Waals surface area contributed by atoms with Gasteiger partial charge in [-0.2, -0.15) is 13.1 Å². The number of amides is 5. The lowest BCUT2D eigenvalue weighted by Gasteiger charge is -2.36. The molecule has 1 aliphatic rings. The lowest BCUT2D eigenvalue weighted by atomic mass is 10.1. The first-order valence-electron chi connectivity index (χ1n) is 11.4. The number of aromatic amines is 1. The van der Waals surface area contributed by atoms with Crippen molar-refractivity contribution in [3.05, 3.63) is 56.1 Å². The number of carboxylic acid groups (broad SMARTS) is 1. The van der Waals surface area contributed by atoms with E-state index in [0.717, 1.165) is 17.5 Å². The normalized spacial score (nSPS) is 14.8. The lowest BCUT2D eigenvalue weighted by Crippen LogP contribution is -2.68. The number of hydrogen-bond donors (Lipinski definition) is 7. The van der Waals surface area contributed by atoms with E-state index in [1.54, 1.807) is 0 Å². The maximum absolute atomic E-state index is 12.7. The number of anilines is 1. The number of carboxylic acids is 1. The van der Waals surface area contributed by atoms with E-state index in [0.29, 0.717) is 22.0 Å². The molecule has 8 N–H and O–H groups in total. The Hall–Kier alpha value is -6.11. The maximum Gasteiger partial charge on any atom is 0.380 e. The Morgan fingerprint density at radius 1 is 1.25 bits per heavy atom. The zero-order valence-electron chi connectivity index (χ0n) is 21.4. The molecule has 0 saturated carbocycles. The summed E-state index contributed by atoms with van der Waals surface area (Å²) in [6, 6.07) is -2.19. The molecule has 0 unspecified atom stereocenters. The fourth-order valence-electron chi connectivity index (χ4n) is 3.20. The number of thiazole rings is 1. The molecule has 4 heterocycles. The van der Waals surface area contributed by atoms with Crippen LogP contribution >= 0.6 is 11.3 Å². The monoisotopic (exact) mass is 655 g/mol. The summed E-state index contributed by atoms with van der Waals surface area (Å²) in [7, 11) is -5.09. The SMILES string of the molecule is Nc1nc(C(=NOCC(=O)O)C(=O)N[C@H]2CN(C(=O)NS(=O)(=O)n3ncn(NC(=O)c4cc(=O)c(O)c[nH]4)c3=O)C2=O)cs1. The van der Waals surface area contributed by atoms with Crippen molar-refractivity contribution in [3.8, 4) is 5.75 Å². The molecule has 1 atom stereocenters. The number of nitrogen functional groups attached to an aromatic ring is 1. The number of H-pyrrole nitrogens is 1. The van der Waals surface area contributed by atoms with Crippen molar-refractivity contribution in [2.75, 3.05) is 24.3 Å². The van der Waals surface area contributed by atoms with Crippen LogP contribution in [-0.4, -0.2) is 102 Å². The maximum atomic E-state index is 12.7. The van der Waals surface area contributed by atoms with Crippen LogP contribution in [0, 0.1) is 0 Å². The van der Waals surface area contributed by atoms with Gasteiger partial charge in [0, 0.05) is 17.6 Å². The first-order chi connectivity index (χ1) is 20.7. The second kappa shape index (κ2) is 12.0. The number of urea groups is 1. The van der Waals surface area contributed by atoms with Gasteiger partial charge in [0.1, 0.15) is 23.8 Å². The second-order valence-electron chi connectivity index (χ2n) is 8.23. The molecule has 5 amide bonds. The molecule has 0 bridgehead atoms. The van der Waals surface area contributed by atoms with Crippen molar-refractivity contribution in [2.45, 2.75) is 6.04 Å². The Bertz CT molecular complexity index is 1940. The number of aromatic nitrogens is 5. The third-order valence-electron chi connectivity index (χ3n) is 5.25. The Balaban J connectivity index is 1.38. The first kappa shape index (κ1) is 30.8. The second-order valence-corrected chi connectivity index (χ2v) is 10.6. The summed E-state index contributed by atoms with van der Waals surface area (Å²) in [5.41, 5.74) is 3.96. The molecule has 23 nitrogen and oxygen atoms in total. The van der Waals surface area contributed by atoms with Gasteiger partial charge in [0.25, 0.3) is 17.7 Å². The van der Waals surface area contributed by atoms with E-state index in [4.69, 9.17) is 10.8 Å². The number of carbonyl (C=O) groups excluding carboxylic acids is 4. The highest BCUT2D eigenvalue weighted by molar-refractivity contribution is 7.88. The van der Waals surface area contributed by atoms with Crippen molar-refractivity contribution in [3.63, 3.8) is 0 Å². The van der Waals surface area contributed by atoms with Crippen LogP contribution in [0.25, 0.3) is 0 Å². The Morgan fingerprint density at radius 3 is 2.59 bits per heavy atom. The number of aromatic hydroxyl groups is 1. The smallest absolute Gasteiger partial charge is 0.380 e. The molecule has 0 aliphatic carbocycles. The number of nitrogens with two attached hydrogens (primary N) is 1. The van der Waals surface area contributed by atoms with Crippen LogP contribution in [0.2, 0.25) is 0 Å². The summed E-state index contributed by atoms with van der Waals surface area (Å²) >= 11 is 0.918. The van der Waals surface area contributed by atoms with Gasteiger partial charge in [0.2, 0.25) is 12.0 Å². The first-order valence-corrected chi connectivity index (χ1v) is 13.7. The van der Waals surface area contributed by atoms with Gasteiger partial charge >= 0.3 is 27.9 Å². The van der Waals surface area contributed by atoms with Crippen molar-refractivity contribution in [1.82, 2.24) is 38.8 Å². The largest absolute Gasteiger partial charge is 0.503 e. The van der Waals surface area contributed by atoms with E-state index in [1.807, 2.05) is 5.43 Å². The summed E-state index contributed by atoms with van der Waals surface area (Å²) in [5, 5.41) is 28.2. The van der Waals surface area contributed by atoms with Crippen LogP contribution in [0.4, 0.5) is 9.93 Å².